The lowest BCUT2D eigenvalue weighted by molar-refractivity contribution is 0.592. The molecule has 1 aromatic carbocycles. The standard InChI is InChI=1S/C11H12ClNO2S/c12-10-6-2-3-7-11(10)16(14,15)9-5-1-4-8-13/h2-3,6-7H,1,4-5,9H2. The van der Waals surface area contributed by atoms with Crippen molar-refractivity contribution in [2.45, 2.75) is 24.2 Å². The van der Waals surface area contributed by atoms with Crippen LogP contribution in [0.1, 0.15) is 19.3 Å². The molecule has 0 radical (unpaired) electrons. The molecule has 0 bridgehead atoms. The summed E-state index contributed by atoms with van der Waals surface area (Å²) in [6.07, 6.45) is 1.47. The van der Waals surface area contributed by atoms with Gasteiger partial charge in [0.25, 0.3) is 0 Å². The molecule has 0 saturated heterocycles. The molecule has 0 aromatic heterocycles. The third-order valence-electron chi connectivity index (χ3n) is 2.12. The molecule has 3 nitrogen and oxygen atoms in total. The van der Waals surface area contributed by atoms with Gasteiger partial charge in [0.2, 0.25) is 0 Å². The van der Waals surface area contributed by atoms with Gasteiger partial charge >= 0.3 is 0 Å². The van der Waals surface area contributed by atoms with E-state index in [4.69, 9.17) is 16.9 Å². The van der Waals surface area contributed by atoms with E-state index in [2.05, 4.69) is 0 Å². The summed E-state index contributed by atoms with van der Waals surface area (Å²) in [5.41, 5.74) is 0. The Morgan fingerprint density at radius 3 is 2.56 bits per heavy atom. The molecule has 1 rings (SSSR count). The first kappa shape index (κ1) is 13.0. The van der Waals surface area contributed by atoms with Gasteiger partial charge in [-0.1, -0.05) is 23.7 Å². The lowest BCUT2D eigenvalue weighted by atomic mass is 10.3. The fourth-order valence-electron chi connectivity index (χ4n) is 1.30. The van der Waals surface area contributed by atoms with Crippen LogP contribution in [-0.2, 0) is 9.84 Å². The smallest absolute Gasteiger partial charge is 0.179 e. The third-order valence-corrected chi connectivity index (χ3v) is 4.42. The van der Waals surface area contributed by atoms with Crippen molar-refractivity contribution in [1.82, 2.24) is 0 Å². The molecule has 0 N–H and O–H groups in total. The van der Waals surface area contributed by atoms with Crippen LogP contribution in [-0.4, -0.2) is 14.2 Å². The van der Waals surface area contributed by atoms with E-state index in [9.17, 15) is 8.42 Å². The summed E-state index contributed by atoms with van der Waals surface area (Å²) in [7, 11) is -3.31. The fourth-order valence-corrected chi connectivity index (χ4v) is 3.25. The summed E-state index contributed by atoms with van der Waals surface area (Å²) >= 11 is 5.82. The Morgan fingerprint density at radius 2 is 1.94 bits per heavy atom. The van der Waals surface area contributed by atoms with Crippen molar-refractivity contribution in [2.24, 2.45) is 0 Å². The summed E-state index contributed by atoms with van der Waals surface area (Å²) < 4.78 is 23.7. The van der Waals surface area contributed by atoms with Crippen LogP contribution in [0.2, 0.25) is 5.02 Å². The minimum Gasteiger partial charge on any atom is -0.224 e. The van der Waals surface area contributed by atoms with Crippen molar-refractivity contribution in [3.8, 4) is 6.07 Å². The molecule has 16 heavy (non-hydrogen) atoms. The number of rotatable bonds is 5. The molecule has 5 heteroatoms. The Kier molecular flexibility index (Phi) is 4.78. The van der Waals surface area contributed by atoms with Crippen molar-refractivity contribution in [1.29, 1.82) is 5.26 Å². The van der Waals surface area contributed by atoms with Gasteiger partial charge in [-0.05, 0) is 25.0 Å². The van der Waals surface area contributed by atoms with E-state index in [1.54, 1.807) is 18.2 Å². The van der Waals surface area contributed by atoms with Crippen LogP contribution in [0.5, 0.6) is 0 Å². The number of hydrogen-bond acceptors (Lipinski definition) is 3. The highest BCUT2D eigenvalue weighted by Gasteiger charge is 2.16. The molecular formula is C11H12ClNO2S. The number of benzene rings is 1. The van der Waals surface area contributed by atoms with Crippen molar-refractivity contribution in [3.63, 3.8) is 0 Å². The Bertz CT molecular complexity index is 491. The highest BCUT2D eigenvalue weighted by atomic mass is 35.5. The van der Waals surface area contributed by atoms with Crippen molar-refractivity contribution in [2.75, 3.05) is 5.75 Å². The lowest BCUT2D eigenvalue weighted by Gasteiger charge is -2.05. The summed E-state index contributed by atoms with van der Waals surface area (Å²) in [5, 5.41) is 8.59. The number of hydrogen-bond donors (Lipinski definition) is 0. The lowest BCUT2D eigenvalue weighted by Crippen LogP contribution is -2.07. The molecular weight excluding hydrogens is 246 g/mol. The molecule has 0 heterocycles. The van der Waals surface area contributed by atoms with Gasteiger partial charge in [-0.3, -0.25) is 0 Å². The number of sulfone groups is 1. The van der Waals surface area contributed by atoms with Crippen LogP contribution < -0.4 is 0 Å². The summed E-state index contributed by atoms with van der Waals surface area (Å²) in [5.74, 6) is 0.0401. The minimum absolute atomic E-state index is 0.0401. The van der Waals surface area contributed by atoms with E-state index in [1.807, 2.05) is 6.07 Å². The van der Waals surface area contributed by atoms with E-state index >= 15 is 0 Å². The van der Waals surface area contributed by atoms with Gasteiger partial charge in [0, 0.05) is 6.42 Å². The zero-order valence-corrected chi connectivity index (χ0v) is 10.3. The highest BCUT2D eigenvalue weighted by Crippen LogP contribution is 2.22. The van der Waals surface area contributed by atoms with Crippen LogP contribution in [0, 0.1) is 11.3 Å². The summed E-state index contributed by atoms with van der Waals surface area (Å²) in [6, 6.07) is 8.38. The van der Waals surface area contributed by atoms with E-state index < -0.39 is 9.84 Å². The Balaban J connectivity index is 2.72. The van der Waals surface area contributed by atoms with Crippen LogP contribution in [0.15, 0.2) is 29.2 Å². The van der Waals surface area contributed by atoms with Crippen LogP contribution >= 0.6 is 11.6 Å². The maximum absolute atomic E-state index is 11.8. The largest absolute Gasteiger partial charge is 0.224 e. The highest BCUT2D eigenvalue weighted by molar-refractivity contribution is 7.91. The van der Waals surface area contributed by atoms with E-state index in [1.165, 1.54) is 6.07 Å². The van der Waals surface area contributed by atoms with E-state index in [0.29, 0.717) is 19.3 Å². The Hall–Kier alpha value is -1.05. The maximum atomic E-state index is 11.8. The number of nitrogens with zero attached hydrogens (tertiary/aromatic N) is 1. The predicted octanol–water partition coefficient (Wildman–Crippen LogP) is 2.81. The quantitative estimate of drug-likeness (QED) is 0.762. The van der Waals surface area contributed by atoms with Gasteiger partial charge in [-0.15, -0.1) is 0 Å². The first-order chi connectivity index (χ1) is 7.58. The monoisotopic (exact) mass is 257 g/mol. The normalized spacial score (nSPS) is 11.0. The van der Waals surface area contributed by atoms with E-state index in [0.717, 1.165) is 0 Å². The molecule has 0 aliphatic rings. The number of unbranched alkanes of at least 4 members (excludes halogenated alkanes) is 2. The molecule has 0 atom stereocenters. The second-order valence-corrected chi connectivity index (χ2v) is 5.85. The molecule has 0 aliphatic heterocycles. The van der Waals surface area contributed by atoms with Crippen LogP contribution in [0.3, 0.4) is 0 Å². The van der Waals surface area contributed by atoms with Crippen molar-refractivity contribution in [3.05, 3.63) is 29.3 Å². The Morgan fingerprint density at radius 1 is 1.25 bits per heavy atom. The van der Waals surface area contributed by atoms with Gasteiger partial charge < -0.3 is 0 Å². The number of nitriles is 1. The van der Waals surface area contributed by atoms with Gasteiger partial charge in [-0.25, -0.2) is 8.42 Å². The average Bonchev–Trinajstić information content (AvgIpc) is 2.25. The fraction of sp³-hybridized carbons (Fsp3) is 0.364. The van der Waals surface area contributed by atoms with E-state index in [-0.39, 0.29) is 15.7 Å². The van der Waals surface area contributed by atoms with Gasteiger partial charge in [0.05, 0.1) is 21.7 Å². The second kappa shape index (κ2) is 5.88. The third kappa shape index (κ3) is 3.51. The minimum atomic E-state index is -3.31. The molecule has 0 amide bonds. The first-order valence-electron chi connectivity index (χ1n) is 4.92. The van der Waals surface area contributed by atoms with Crippen LogP contribution in [0.4, 0.5) is 0 Å². The van der Waals surface area contributed by atoms with Gasteiger partial charge in [-0.2, -0.15) is 5.26 Å². The average molecular weight is 258 g/mol. The molecule has 0 fully saturated rings. The zero-order chi connectivity index (χ0) is 12.0. The Labute approximate surface area is 101 Å². The predicted molar refractivity (Wildman–Crippen MR) is 63.0 cm³/mol. The van der Waals surface area contributed by atoms with Gasteiger partial charge in [0.1, 0.15) is 0 Å². The first-order valence-corrected chi connectivity index (χ1v) is 6.95. The topological polar surface area (TPSA) is 57.9 Å². The zero-order valence-electron chi connectivity index (χ0n) is 8.69. The second-order valence-electron chi connectivity index (χ2n) is 3.36. The van der Waals surface area contributed by atoms with Crippen molar-refractivity contribution >= 4 is 21.4 Å². The SMILES string of the molecule is N#CCCCCS(=O)(=O)c1ccccc1Cl. The van der Waals surface area contributed by atoms with Gasteiger partial charge in [0.15, 0.2) is 9.84 Å². The maximum Gasteiger partial charge on any atom is 0.179 e. The molecule has 1 aromatic rings. The molecule has 0 aliphatic carbocycles. The van der Waals surface area contributed by atoms with Crippen molar-refractivity contribution < 1.29 is 8.42 Å². The number of halogens is 1. The summed E-state index contributed by atoms with van der Waals surface area (Å²) in [6.45, 7) is 0. The molecule has 0 saturated carbocycles. The van der Waals surface area contributed by atoms with Crippen LogP contribution in [0.25, 0.3) is 0 Å². The molecule has 86 valence electrons. The molecule has 0 spiro atoms. The summed E-state index contributed by atoms with van der Waals surface area (Å²) in [4.78, 5) is 0.175. The molecule has 0 unspecified atom stereocenters.